The fraction of sp³-hybridized carbons (Fsp3) is 0.263. The van der Waals surface area contributed by atoms with Crippen LogP contribution in [0.5, 0.6) is 0 Å². The van der Waals surface area contributed by atoms with E-state index in [0.29, 0.717) is 4.90 Å². The van der Waals surface area contributed by atoms with Crippen molar-refractivity contribution in [2.45, 2.75) is 22.4 Å². The average Bonchev–Trinajstić information content (AvgIpc) is 2.71. The molecule has 0 saturated heterocycles. The highest BCUT2D eigenvalue weighted by Gasteiger charge is 2.30. The van der Waals surface area contributed by atoms with Crippen molar-refractivity contribution in [1.29, 1.82) is 5.26 Å². The molecular weight excluding hydrogens is 441 g/mol. The Morgan fingerprint density at radius 2 is 1.87 bits per heavy atom. The average molecular weight is 458 g/mol. The van der Waals surface area contributed by atoms with Crippen molar-refractivity contribution < 1.29 is 31.1 Å². The van der Waals surface area contributed by atoms with E-state index in [4.69, 9.17) is 10.00 Å². The lowest BCUT2D eigenvalue weighted by Crippen LogP contribution is -2.24. The van der Waals surface area contributed by atoms with Gasteiger partial charge < -0.3 is 4.74 Å². The highest BCUT2D eigenvalue weighted by Crippen LogP contribution is 2.31. The van der Waals surface area contributed by atoms with Gasteiger partial charge in [0.2, 0.25) is 10.0 Å². The lowest BCUT2D eigenvalue weighted by atomic mass is 10.2. The third kappa shape index (κ3) is 7.05. The number of ether oxygens (including phenoxy) is 1. The first-order valence-electron chi connectivity index (χ1n) is 8.57. The normalized spacial score (nSPS) is 11.7. The van der Waals surface area contributed by atoms with Crippen molar-refractivity contribution in [3.63, 3.8) is 0 Å². The van der Waals surface area contributed by atoms with E-state index in [1.807, 2.05) is 6.07 Å². The van der Waals surface area contributed by atoms with E-state index in [0.717, 1.165) is 23.9 Å². The molecule has 2 aromatic rings. The number of sulfonamides is 1. The number of rotatable bonds is 9. The third-order valence-electron chi connectivity index (χ3n) is 3.68. The van der Waals surface area contributed by atoms with Gasteiger partial charge in [0, 0.05) is 23.6 Å². The van der Waals surface area contributed by atoms with Gasteiger partial charge in [-0.15, -0.1) is 11.8 Å². The van der Waals surface area contributed by atoms with Crippen molar-refractivity contribution in [1.82, 2.24) is 4.72 Å². The molecule has 0 fully saturated rings. The Balaban J connectivity index is 1.85. The first-order valence-corrected chi connectivity index (χ1v) is 11.0. The van der Waals surface area contributed by atoms with Crippen molar-refractivity contribution >= 4 is 27.8 Å². The van der Waals surface area contributed by atoms with E-state index in [9.17, 15) is 26.4 Å². The van der Waals surface area contributed by atoms with Crippen LogP contribution in [-0.4, -0.2) is 33.3 Å². The van der Waals surface area contributed by atoms with Crippen LogP contribution in [0.1, 0.15) is 22.3 Å². The number of esters is 1. The van der Waals surface area contributed by atoms with Crippen LogP contribution in [0.3, 0.4) is 0 Å². The molecule has 2 aromatic carbocycles. The van der Waals surface area contributed by atoms with E-state index < -0.39 is 27.7 Å². The van der Waals surface area contributed by atoms with E-state index in [2.05, 4.69) is 4.72 Å². The second-order valence-corrected chi connectivity index (χ2v) is 8.78. The predicted molar refractivity (Wildman–Crippen MR) is 104 cm³/mol. The molecule has 0 unspecified atom stereocenters. The Kier molecular flexibility index (Phi) is 8.28. The van der Waals surface area contributed by atoms with Gasteiger partial charge >= 0.3 is 12.1 Å². The Morgan fingerprint density at radius 1 is 1.17 bits per heavy atom. The van der Waals surface area contributed by atoms with E-state index in [1.54, 1.807) is 0 Å². The first kappa shape index (κ1) is 23.7. The van der Waals surface area contributed by atoms with Gasteiger partial charge in [0.05, 0.1) is 22.1 Å². The van der Waals surface area contributed by atoms with Gasteiger partial charge in [-0.1, -0.05) is 6.07 Å². The maximum Gasteiger partial charge on any atom is 0.416 e. The molecule has 6 nitrogen and oxygen atoms in total. The summed E-state index contributed by atoms with van der Waals surface area (Å²) >= 11 is 1.12. The summed E-state index contributed by atoms with van der Waals surface area (Å²) in [4.78, 5) is 12.4. The molecule has 0 spiro atoms. The molecule has 0 bridgehead atoms. The molecule has 0 aliphatic rings. The summed E-state index contributed by atoms with van der Waals surface area (Å²) in [6, 6.07) is 11.7. The van der Waals surface area contributed by atoms with Crippen LogP contribution in [0.4, 0.5) is 13.2 Å². The smallest absolute Gasteiger partial charge is 0.416 e. The molecule has 0 radical (unpaired) electrons. The predicted octanol–water partition coefficient (Wildman–Crippen LogP) is 3.85. The fourth-order valence-electron chi connectivity index (χ4n) is 2.23. The van der Waals surface area contributed by atoms with Gasteiger partial charge in [0.15, 0.2) is 0 Å². The Bertz CT molecular complexity index is 1020. The standard InChI is InChI=1S/C19H17F3N2O4S2/c20-19(21,22)15-3-1-4-16(13-15)29-12-11-28-18(25)14-5-7-17(8-6-14)30(26,27)24-10-2-9-23/h1,3-8,13,24H,2,10-12H2. The largest absolute Gasteiger partial charge is 0.461 e. The molecule has 0 amide bonds. The lowest BCUT2D eigenvalue weighted by Gasteiger charge is -2.09. The molecule has 2 rings (SSSR count). The summed E-state index contributed by atoms with van der Waals surface area (Å²) in [5.74, 6) is -0.427. The third-order valence-corrected chi connectivity index (χ3v) is 6.11. The molecule has 0 saturated carbocycles. The van der Waals surface area contributed by atoms with Gasteiger partial charge in [-0.25, -0.2) is 17.9 Å². The van der Waals surface area contributed by atoms with Crippen molar-refractivity contribution in [3.05, 3.63) is 59.7 Å². The number of hydrogen-bond donors (Lipinski definition) is 1. The first-order chi connectivity index (χ1) is 14.1. The van der Waals surface area contributed by atoms with Crippen LogP contribution in [0.15, 0.2) is 58.3 Å². The van der Waals surface area contributed by atoms with Crippen LogP contribution in [0.25, 0.3) is 0 Å². The number of benzene rings is 2. The van der Waals surface area contributed by atoms with Crippen LogP contribution >= 0.6 is 11.8 Å². The summed E-state index contributed by atoms with van der Waals surface area (Å²) in [5.41, 5.74) is -0.614. The van der Waals surface area contributed by atoms with Gasteiger partial charge in [-0.3, -0.25) is 0 Å². The summed E-state index contributed by atoms with van der Waals surface area (Å²) in [7, 11) is -3.78. The molecule has 0 aliphatic carbocycles. The number of nitrogens with zero attached hydrogens (tertiary/aromatic N) is 1. The number of carbonyl (C=O) groups excluding carboxylic acids is 1. The lowest BCUT2D eigenvalue weighted by molar-refractivity contribution is -0.137. The zero-order chi connectivity index (χ0) is 22.2. The molecule has 11 heteroatoms. The Hall–Kier alpha value is -2.55. The second kappa shape index (κ2) is 10.5. The topological polar surface area (TPSA) is 96.3 Å². The summed E-state index contributed by atoms with van der Waals surface area (Å²) in [6.07, 6.45) is -4.39. The van der Waals surface area contributed by atoms with E-state index >= 15 is 0 Å². The zero-order valence-corrected chi connectivity index (χ0v) is 17.1. The van der Waals surface area contributed by atoms with Crippen LogP contribution in [0.2, 0.25) is 0 Å². The number of thioether (sulfide) groups is 1. The number of nitriles is 1. The highest BCUT2D eigenvalue weighted by atomic mass is 32.2. The van der Waals surface area contributed by atoms with Gasteiger partial charge in [-0.05, 0) is 42.5 Å². The van der Waals surface area contributed by atoms with Crippen LogP contribution in [-0.2, 0) is 20.9 Å². The van der Waals surface area contributed by atoms with Gasteiger partial charge in [-0.2, -0.15) is 18.4 Å². The molecule has 160 valence electrons. The minimum atomic E-state index is -4.42. The summed E-state index contributed by atoms with van der Waals surface area (Å²) in [6.45, 7) is -0.0539. The van der Waals surface area contributed by atoms with Crippen molar-refractivity contribution in [3.8, 4) is 6.07 Å². The van der Waals surface area contributed by atoms with Crippen LogP contribution in [0, 0.1) is 11.3 Å². The van der Waals surface area contributed by atoms with Crippen LogP contribution < -0.4 is 4.72 Å². The minimum Gasteiger partial charge on any atom is -0.461 e. The molecule has 0 aliphatic heterocycles. The molecular formula is C19H17F3N2O4S2. The number of nitrogens with one attached hydrogen (secondary N) is 1. The van der Waals surface area contributed by atoms with Crippen molar-refractivity contribution in [2.75, 3.05) is 18.9 Å². The maximum atomic E-state index is 12.7. The fourth-order valence-corrected chi connectivity index (χ4v) is 4.05. The molecule has 30 heavy (non-hydrogen) atoms. The molecule has 0 aromatic heterocycles. The summed E-state index contributed by atoms with van der Waals surface area (Å²) < 4.78 is 69.4. The van der Waals surface area contributed by atoms with Gasteiger partial charge in [0.1, 0.15) is 6.61 Å². The maximum absolute atomic E-state index is 12.7. The Labute approximate surface area is 176 Å². The van der Waals surface area contributed by atoms with Gasteiger partial charge in [0.25, 0.3) is 0 Å². The van der Waals surface area contributed by atoms with E-state index in [1.165, 1.54) is 36.4 Å². The number of carbonyl (C=O) groups is 1. The van der Waals surface area contributed by atoms with E-state index in [-0.39, 0.29) is 35.8 Å². The second-order valence-electron chi connectivity index (χ2n) is 5.84. The quantitative estimate of drug-likeness (QED) is 0.348. The monoisotopic (exact) mass is 458 g/mol. The molecule has 0 heterocycles. The number of alkyl halides is 3. The number of hydrogen-bond acceptors (Lipinski definition) is 6. The Morgan fingerprint density at radius 3 is 2.50 bits per heavy atom. The van der Waals surface area contributed by atoms with Crippen molar-refractivity contribution in [2.24, 2.45) is 0 Å². The molecule has 1 N–H and O–H groups in total. The SMILES string of the molecule is N#CCCNS(=O)(=O)c1ccc(C(=O)OCCSc2cccc(C(F)(F)F)c2)cc1. The summed E-state index contributed by atoms with van der Waals surface area (Å²) in [5, 5.41) is 8.45. The highest BCUT2D eigenvalue weighted by molar-refractivity contribution is 7.99. The zero-order valence-electron chi connectivity index (χ0n) is 15.5. The minimum absolute atomic E-state index is 0.0217. The molecule has 0 atom stereocenters. The number of halogens is 3.